The zero-order valence-corrected chi connectivity index (χ0v) is 71.6. The average molecular weight is 1850 g/mol. The Hall–Kier alpha value is -4.76. The molecule has 0 fully saturated rings. The molecule has 0 bridgehead atoms. The minimum absolute atomic E-state index is 0.143. The van der Waals surface area contributed by atoms with Gasteiger partial charge in [0, 0.05) is 78.1 Å². The molecule has 5 rings (SSSR count). The third-order valence-corrected chi connectivity index (χ3v) is 17.0. The molecule has 2 aromatic heterocycles. The molecule has 0 unspecified atom stereocenters. The summed E-state index contributed by atoms with van der Waals surface area (Å²) >= 11 is 4.48. The number of rotatable bonds is 82. The Morgan fingerprint density at radius 1 is 0.228 bits per heavy atom. The van der Waals surface area contributed by atoms with Crippen molar-refractivity contribution in [2.45, 2.75) is 0 Å². The van der Waals surface area contributed by atoms with Gasteiger partial charge in [-0.1, -0.05) is 28.6 Å². The van der Waals surface area contributed by atoms with Crippen LogP contribution in [0.15, 0.2) is 48.5 Å². The normalized spacial score (nSPS) is 11.6. The first-order valence-corrected chi connectivity index (χ1v) is 40.3. The Bertz CT molecular complexity index is 2810. The average Bonchev–Trinajstić information content (AvgIpc) is 1.59. The maximum absolute atomic E-state index is 6.51. The van der Waals surface area contributed by atoms with E-state index in [0.717, 1.165) is 11.1 Å². The van der Waals surface area contributed by atoms with Gasteiger partial charge in [-0.3, -0.25) is 0 Å². The van der Waals surface area contributed by atoms with Crippen molar-refractivity contribution in [3.8, 4) is 68.4 Å². The van der Waals surface area contributed by atoms with Crippen LogP contribution >= 0.6 is 45.2 Å². The number of aromatic nitrogens is 6. The van der Waals surface area contributed by atoms with Crippen LogP contribution in [0.4, 0.5) is 0 Å². The highest BCUT2D eigenvalue weighted by molar-refractivity contribution is 14.1. The molecule has 114 heavy (non-hydrogen) atoms. The molecule has 3 aromatic carbocycles. The molecule has 38 heteroatoms. The molecule has 0 saturated heterocycles. The lowest BCUT2D eigenvalue weighted by atomic mass is 10.1. The van der Waals surface area contributed by atoms with E-state index in [1.165, 1.54) is 0 Å². The lowest BCUT2D eigenvalue weighted by Gasteiger charge is -2.19. The number of methoxy groups -OCH3 is 6. The van der Waals surface area contributed by atoms with Crippen LogP contribution in [0.1, 0.15) is 0 Å². The fourth-order valence-corrected chi connectivity index (χ4v) is 11.1. The van der Waals surface area contributed by atoms with Gasteiger partial charge in [-0.05, 0) is 51.2 Å². The quantitative estimate of drug-likeness (QED) is 0.0326. The van der Waals surface area contributed by atoms with Gasteiger partial charge in [-0.15, -0.1) is 10.2 Å². The predicted octanol–water partition coefficient (Wildman–Crippen LogP) is 5.84. The van der Waals surface area contributed by atoms with Crippen LogP contribution in [-0.2, 0) is 114 Å². The molecule has 0 aliphatic heterocycles. The van der Waals surface area contributed by atoms with Gasteiger partial charge in [-0.25, -0.2) is 9.36 Å². The molecule has 0 spiro atoms. The third kappa shape index (κ3) is 45.4. The van der Waals surface area contributed by atoms with Gasteiger partial charge in [0.2, 0.25) is 11.5 Å². The second-order valence-corrected chi connectivity index (χ2v) is 25.5. The summed E-state index contributed by atoms with van der Waals surface area (Å²) in [6.07, 6.45) is 0. The molecule has 0 radical (unpaired) electrons. The van der Waals surface area contributed by atoms with E-state index in [2.05, 4.69) is 45.2 Å². The summed E-state index contributed by atoms with van der Waals surface area (Å²) in [5, 5.41) is 19.0. The van der Waals surface area contributed by atoms with Gasteiger partial charge >= 0.3 is 0 Å². The van der Waals surface area contributed by atoms with Crippen LogP contribution in [0, 0.1) is 7.40 Å². The van der Waals surface area contributed by atoms with Gasteiger partial charge in [0.05, 0.1) is 289 Å². The molecule has 36 nitrogen and oxygen atoms in total. The smallest absolute Gasteiger partial charge is 0.203 e. The number of hydrogen-bond donors (Lipinski definition) is 0. The minimum atomic E-state index is 0.143. The maximum atomic E-state index is 6.51. The van der Waals surface area contributed by atoms with E-state index in [1.807, 2.05) is 48.5 Å². The Kier molecular flexibility index (Phi) is 61.4. The lowest BCUT2D eigenvalue weighted by molar-refractivity contribution is -0.00160. The van der Waals surface area contributed by atoms with Crippen LogP contribution in [0.25, 0.3) is 33.9 Å². The van der Waals surface area contributed by atoms with Crippen LogP contribution < -0.4 is 28.4 Å². The first-order chi connectivity index (χ1) is 56.4. The summed E-state index contributed by atoms with van der Waals surface area (Å²) in [6.45, 7) is 17.7. The van der Waals surface area contributed by atoms with E-state index in [0.29, 0.717) is 303 Å². The molecule has 5 aromatic rings. The fraction of sp³-hybridized carbons (Fsp3) is 0.711. The highest BCUT2D eigenvalue weighted by Crippen LogP contribution is 2.43. The van der Waals surface area contributed by atoms with Crippen LogP contribution in [0.3, 0.4) is 0 Å². The molecule has 0 aliphatic rings. The van der Waals surface area contributed by atoms with E-state index >= 15 is 0 Å². The number of halogens is 2. The summed E-state index contributed by atoms with van der Waals surface area (Å²) in [5.74, 6) is 2.07. The monoisotopic (exact) mass is 1850 g/mol. The minimum Gasteiger partial charge on any atom is -0.487 e. The van der Waals surface area contributed by atoms with Crippen molar-refractivity contribution in [2.24, 2.45) is 0 Å². The Labute approximate surface area is 697 Å². The third-order valence-electron chi connectivity index (χ3n) is 15.1. The number of ether oxygens (including phenoxy) is 30. The zero-order valence-electron chi connectivity index (χ0n) is 67.2. The topological polar surface area (TPSA) is 338 Å². The lowest BCUT2D eigenvalue weighted by Crippen LogP contribution is -2.16. The molecule has 0 atom stereocenters. The standard InChI is InChI=1S/C76H122I2N6O30/c1-85-10-16-91-22-28-97-34-40-103-46-52-109-67-59-65(60-68(110-53-47-104-41-35-98-29-23-92-17-11-86-2)73(67)113-56-50-107-44-38-101-32-26-95-20-14-89-5)83-75(77)71(79-81-83)63-8-7-9-64(58-63)72-76(78)84(82-80-72)66-61-69(111-54-48-105-42-36-99-30-24-93-18-12-87-3)74(114-57-51-108-45-39-102-33-27-96-21-15-90-6)70(62-66)112-55-49-106-43-37-100-31-25-94-19-13-88-4/h7-9,58-62H,10-57H2,1-6H3. The van der Waals surface area contributed by atoms with Crippen molar-refractivity contribution in [3.63, 3.8) is 0 Å². The molecule has 0 saturated carbocycles. The Balaban J connectivity index is 1.42. The van der Waals surface area contributed by atoms with Crippen LogP contribution in [0.2, 0.25) is 0 Å². The highest BCUT2D eigenvalue weighted by Gasteiger charge is 2.25. The fourth-order valence-electron chi connectivity index (χ4n) is 9.47. The Morgan fingerprint density at radius 3 is 0.596 bits per heavy atom. The van der Waals surface area contributed by atoms with E-state index in [-0.39, 0.29) is 79.3 Å². The molecule has 0 aliphatic carbocycles. The van der Waals surface area contributed by atoms with Gasteiger partial charge in [0.25, 0.3) is 0 Å². The van der Waals surface area contributed by atoms with Crippen molar-refractivity contribution in [1.82, 2.24) is 30.0 Å². The van der Waals surface area contributed by atoms with Gasteiger partial charge < -0.3 is 142 Å². The van der Waals surface area contributed by atoms with Crippen molar-refractivity contribution >= 4 is 45.2 Å². The maximum Gasteiger partial charge on any atom is 0.203 e. The summed E-state index contributed by atoms with van der Waals surface area (Å²) in [7, 11) is 9.77. The zero-order chi connectivity index (χ0) is 80.9. The first kappa shape index (κ1) is 99.8. The van der Waals surface area contributed by atoms with Crippen molar-refractivity contribution < 1.29 is 142 Å². The van der Waals surface area contributed by atoms with Gasteiger partial charge in [-0.2, -0.15) is 0 Å². The van der Waals surface area contributed by atoms with E-state index in [1.54, 1.807) is 52.0 Å². The molecule has 650 valence electrons. The summed E-state index contributed by atoms with van der Waals surface area (Å²) in [4.78, 5) is 0. The van der Waals surface area contributed by atoms with Crippen molar-refractivity contribution in [3.05, 3.63) is 55.9 Å². The first-order valence-electron chi connectivity index (χ1n) is 38.2. The summed E-state index contributed by atoms with van der Waals surface area (Å²) in [5.41, 5.74) is 3.77. The molecule has 0 amide bonds. The second kappa shape index (κ2) is 70.1. The predicted molar refractivity (Wildman–Crippen MR) is 432 cm³/mol. The van der Waals surface area contributed by atoms with Crippen molar-refractivity contribution in [1.29, 1.82) is 0 Å². The highest BCUT2D eigenvalue weighted by atomic mass is 127. The van der Waals surface area contributed by atoms with E-state index in [9.17, 15) is 0 Å². The molecule has 2 heterocycles. The molecule has 0 N–H and O–H groups in total. The number of benzene rings is 3. The van der Waals surface area contributed by atoms with Gasteiger partial charge in [0.15, 0.2) is 23.0 Å². The van der Waals surface area contributed by atoms with E-state index in [4.69, 9.17) is 163 Å². The molecular formula is C76H122I2N6O30. The molecular weight excluding hydrogens is 1730 g/mol. The van der Waals surface area contributed by atoms with Crippen LogP contribution in [-0.4, -0.2) is 390 Å². The number of hydrogen-bond acceptors (Lipinski definition) is 34. The van der Waals surface area contributed by atoms with Crippen molar-refractivity contribution in [2.75, 3.05) is 360 Å². The SMILES string of the molecule is COCCOCCOCCOCCOc1cc(-n2nnc(-c3cccc(-c4nnn(-c5cc(OCCOCCOCCOCCOC)c(OCCOCCOCCOCCOC)c(OCCOCCOCCOCCOC)c5)c4I)c3)c2I)cc(OCCOCCOCCOCCOC)c1OCCOCCOCCOCCOC. The van der Waals surface area contributed by atoms with E-state index < -0.39 is 0 Å². The van der Waals surface area contributed by atoms with Gasteiger partial charge in [0.1, 0.15) is 58.4 Å². The summed E-state index contributed by atoms with van der Waals surface area (Å²) in [6, 6.07) is 15.1. The number of nitrogens with zero attached hydrogens (tertiary/aromatic N) is 6. The van der Waals surface area contributed by atoms with Crippen LogP contribution in [0.5, 0.6) is 34.5 Å². The summed E-state index contributed by atoms with van der Waals surface area (Å²) < 4.78 is 177. The Morgan fingerprint density at radius 2 is 0.404 bits per heavy atom. The largest absolute Gasteiger partial charge is 0.487 e. The second-order valence-electron chi connectivity index (χ2n) is 23.5.